The Hall–Kier alpha value is -1.83. The Labute approximate surface area is 115 Å². The van der Waals surface area contributed by atoms with Crippen LogP contribution in [0, 0.1) is 16.7 Å². The third kappa shape index (κ3) is 2.01. The summed E-state index contributed by atoms with van der Waals surface area (Å²) in [6.07, 6.45) is -0.301. The summed E-state index contributed by atoms with van der Waals surface area (Å²) >= 11 is 1.46. The molecule has 0 saturated heterocycles. The van der Waals surface area contributed by atoms with Gasteiger partial charge in [0.2, 0.25) is 0 Å². The van der Waals surface area contributed by atoms with Crippen LogP contribution in [-0.2, 0) is 6.42 Å². The summed E-state index contributed by atoms with van der Waals surface area (Å²) in [6.45, 7) is 0.222. The smallest absolute Gasteiger partial charge is 0.126 e. The van der Waals surface area contributed by atoms with E-state index in [-0.39, 0.29) is 6.61 Å². The van der Waals surface area contributed by atoms with Gasteiger partial charge >= 0.3 is 0 Å². The van der Waals surface area contributed by atoms with Crippen molar-refractivity contribution in [3.63, 3.8) is 0 Å². The van der Waals surface area contributed by atoms with Gasteiger partial charge in [0.05, 0.1) is 6.07 Å². The molecule has 19 heavy (non-hydrogen) atoms. The van der Waals surface area contributed by atoms with E-state index in [2.05, 4.69) is 6.07 Å². The maximum absolute atomic E-state index is 10.5. The van der Waals surface area contributed by atoms with E-state index >= 15 is 0 Å². The molecule has 1 aromatic carbocycles. The summed E-state index contributed by atoms with van der Waals surface area (Å²) in [4.78, 5) is 0.810. The van der Waals surface area contributed by atoms with Crippen LogP contribution in [0.25, 0.3) is 0 Å². The number of aliphatic hydroxyl groups excluding tert-OH is 1. The van der Waals surface area contributed by atoms with Crippen LogP contribution in [0.1, 0.15) is 16.5 Å². The van der Waals surface area contributed by atoms with Gasteiger partial charge in [-0.25, -0.2) is 0 Å². The SMILES string of the molecule is N#CC1(C(O)c2cccs2)COc2ccccc2C1. The molecule has 96 valence electrons. The third-order valence-electron chi connectivity index (χ3n) is 3.52. The van der Waals surface area contributed by atoms with Crippen molar-refractivity contribution in [2.75, 3.05) is 6.61 Å². The molecule has 0 amide bonds. The van der Waals surface area contributed by atoms with Crippen LogP contribution in [0.5, 0.6) is 5.75 Å². The standard InChI is InChI=1S/C15H13NO2S/c16-9-15(14(17)13-6-3-7-19-13)8-11-4-1-2-5-12(11)18-10-15/h1-7,14,17H,8,10H2. The van der Waals surface area contributed by atoms with Gasteiger partial charge in [-0.1, -0.05) is 24.3 Å². The molecular formula is C15H13NO2S. The van der Waals surface area contributed by atoms with Gasteiger partial charge in [-0.2, -0.15) is 5.26 Å². The lowest BCUT2D eigenvalue weighted by molar-refractivity contribution is 0.0195. The summed E-state index contributed by atoms with van der Waals surface area (Å²) in [7, 11) is 0. The molecule has 0 fully saturated rings. The number of benzene rings is 1. The average molecular weight is 271 g/mol. The van der Waals surface area contributed by atoms with E-state index in [1.165, 1.54) is 11.3 Å². The molecule has 2 unspecified atom stereocenters. The molecule has 4 heteroatoms. The molecule has 3 rings (SSSR count). The fourth-order valence-corrected chi connectivity index (χ4v) is 3.24. The monoisotopic (exact) mass is 271 g/mol. The fourth-order valence-electron chi connectivity index (χ4n) is 2.42. The van der Waals surface area contributed by atoms with Crippen LogP contribution in [0.3, 0.4) is 0 Å². The molecule has 2 atom stereocenters. The second kappa shape index (κ2) is 4.69. The summed E-state index contributed by atoms with van der Waals surface area (Å²) < 4.78 is 5.67. The highest BCUT2D eigenvalue weighted by Gasteiger charge is 2.44. The first-order chi connectivity index (χ1) is 9.25. The molecule has 1 aromatic heterocycles. The molecule has 1 aliphatic heterocycles. The van der Waals surface area contributed by atoms with Crippen molar-refractivity contribution in [2.24, 2.45) is 5.41 Å². The van der Waals surface area contributed by atoms with Gasteiger partial charge in [0, 0.05) is 11.3 Å². The van der Waals surface area contributed by atoms with Crippen molar-refractivity contribution in [3.8, 4) is 11.8 Å². The Kier molecular flexibility index (Phi) is 3.02. The molecule has 2 heterocycles. The number of nitriles is 1. The summed E-state index contributed by atoms with van der Waals surface area (Å²) in [5.41, 5.74) is 0.0741. The van der Waals surface area contributed by atoms with E-state index in [1.807, 2.05) is 41.8 Å². The number of rotatable bonds is 2. The van der Waals surface area contributed by atoms with Crippen molar-refractivity contribution < 1.29 is 9.84 Å². The number of thiophene rings is 1. The van der Waals surface area contributed by atoms with Gasteiger partial charge in [-0.3, -0.25) is 0 Å². The fraction of sp³-hybridized carbons (Fsp3) is 0.267. The molecule has 2 aromatic rings. The Bertz CT molecular complexity index is 617. The number of hydrogen-bond donors (Lipinski definition) is 1. The number of hydrogen-bond acceptors (Lipinski definition) is 4. The average Bonchev–Trinajstić information content (AvgIpc) is 3.00. The van der Waals surface area contributed by atoms with Crippen LogP contribution in [0.15, 0.2) is 41.8 Å². The van der Waals surface area contributed by atoms with Gasteiger partial charge in [-0.05, 0) is 23.1 Å². The Balaban J connectivity index is 1.97. The maximum atomic E-state index is 10.5. The van der Waals surface area contributed by atoms with Crippen LogP contribution in [-0.4, -0.2) is 11.7 Å². The van der Waals surface area contributed by atoms with Gasteiger partial charge in [0.1, 0.15) is 23.9 Å². The lowest BCUT2D eigenvalue weighted by Crippen LogP contribution is -2.38. The van der Waals surface area contributed by atoms with Crippen molar-refractivity contribution in [2.45, 2.75) is 12.5 Å². The van der Waals surface area contributed by atoms with Crippen LogP contribution < -0.4 is 4.74 Å². The van der Waals surface area contributed by atoms with Gasteiger partial charge < -0.3 is 9.84 Å². The zero-order valence-corrected chi connectivity index (χ0v) is 11.1. The highest BCUT2D eigenvalue weighted by molar-refractivity contribution is 7.10. The highest BCUT2D eigenvalue weighted by atomic mass is 32.1. The molecule has 1 N–H and O–H groups in total. The van der Waals surface area contributed by atoms with Gasteiger partial charge in [-0.15, -0.1) is 11.3 Å². The Morgan fingerprint density at radius 3 is 2.89 bits per heavy atom. The number of fused-ring (bicyclic) bond motifs is 1. The van der Waals surface area contributed by atoms with E-state index in [4.69, 9.17) is 4.74 Å². The number of nitrogens with zero attached hydrogens (tertiary/aromatic N) is 1. The van der Waals surface area contributed by atoms with Crippen LogP contribution in [0.2, 0.25) is 0 Å². The number of aliphatic hydroxyl groups is 1. The minimum Gasteiger partial charge on any atom is -0.492 e. The topological polar surface area (TPSA) is 53.2 Å². The normalized spacial score (nSPS) is 22.9. The number of ether oxygens (including phenoxy) is 1. The molecule has 0 saturated carbocycles. The second-order valence-corrected chi connectivity index (χ2v) is 5.74. The molecular weight excluding hydrogens is 258 g/mol. The van der Waals surface area contributed by atoms with E-state index < -0.39 is 11.5 Å². The Morgan fingerprint density at radius 1 is 1.32 bits per heavy atom. The minimum atomic E-state index is -0.904. The largest absolute Gasteiger partial charge is 0.492 e. The van der Waals surface area contributed by atoms with Gasteiger partial charge in [0.25, 0.3) is 0 Å². The molecule has 0 radical (unpaired) electrons. The van der Waals surface area contributed by atoms with Gasteiger partial charge in [0.15, 0.2) is 0 Å². The van der Waals surface area contributed by atoms with Crippen molar-refractivity contribution >= 4 is 11.3 Å². The molecule has 0 bridgehead atoms. The maximum Gasteiger partial charge on any atom is 0.126 e. The first-order valence-corrected chi connectivity index (χ1v) is 6.96. The molecule has 1 aliphatic rings. The van der Waals surface area contributed by atoms with Crippen LogP contribution >= 0.6 is 11.3 Å². The third-order valence-corrected chi connectivity index (χ3v) is 4.45. The van der Waals surface area contributed by atoms with E-state index in [1.54, 1.807) is 0 Å². The van der Waals surface area contributed by atoms with Crippen molar-refractivity contribution in [1.82, 2.24) is 0 Å². The van der Waals surface area contributed by atoms with E-state index in [0.29, 0.717) is 6.42 Å². The zero-order chi connectivity index (χ0) is 13.3. The van der Waals surface area contributed by atoms with Crippen molar-refractivity contribution in [1.29, 1.82) is 5.26 Å². The number of para-hydroxylation sites is 1. The first-order valence-electron chi connectivity index (χ1n) is 6.09. The first kappa shape index (κ1) is 12.2. The van der Waals surface area contributed by atoms with E-state index in [0.717, 1.165) is 16.2 Å². The zero-order valence-electron chi connectivity index (χ0n) is 10.2. The predicted molar refractivity (Wildman–Crippen MR) is 73.0 cm³/mol. The summed E-state index contributed by atoms with van der Waals surface area (Å²) in [5.74, 6) is 0.812. The molecule has 0 aliphatic carbocycles. The lowest BCUT2D eigenvalue weighted by atomic mass is 9.76. The van der Waals surface area contributed by atoms with Crippen LogP contribution in [0.4, 0.5) is 0 Å². The Morgan fingerprint density at radius 2 is 2.16 bits per heavy atom. The highest BCUT2D eigenvalue weighted by Crippen LogP contribution is 2.43. The van der Waals surface area contributed by atoms with E-state index in [9.17, 15) is 10.4 Å². The minimum absolute atomic E-state index is 0.222. The second-order valence-electron chi connectivity index (χ2n) is 4.76. The lowest BCUT2D eigenvalue weighted by Gasteiger charge is -2.35. The molecule has 0 spiro atoms. The molecule has 3 nitrogen and oxygen atoms in total. The predicted octanol–water partition coefficient (Wildman–Crippen LogP) is 2.93. The quantitative estimate of drug-likeness (QED) is 0.913. The summed E-state index contributed by atoms with van der Waals surface area (Å²) in [6, 6.07) is 13.7. The van der Waals surface area contributed by atoms with Crippen molar-refractivity contribution in [3.05, 3.63) is 52.2 Å². The summed E-state index contributed by atoms with van der Waals surface area (Å²) in [5, 5.41) is 22.0.